The zero-order valence-electron chi connectivity index (χ0n) is 18.0. The van der Waals surface area contributed by atoms with E-state index in [1.165, 1.54) is 0 Å². The molecule has 4 nitrogen and oxygen atoms in total. The first-order valence-electron chi connectivity index (χ1n) is 10.3. The second kappa shape index (κ2) is 11.1. The summed E-state index contributed by atoms with van der Waals surface area (Å²) in [5.74, 6) is -0.296. The van der Waals surface area contributed by atoms with Crippen molar-refractivity contribution in [2.45, 2.75) is 79.9 Å². The van der Waals surface area contributed by atoms with Gasteiger partial charge in [0.05, 0.1) is 0 Å². The van der Waals surface area contributed by atoms with E-state index in [0.29, 0.717) is 13.0 Å². The minimum absolute atomic E-state index is 0.0928. The number of hydrogen-bond donors (Lipinski definition) is 0. The minimum Gasteiger partial charge on any atom is -0.460 e. The van der Waals surface area contributed by atoms with Gasteiger partial charge in [-0.15, -0.1) is 0 Å². The molecule has 0 N–H and O–H groups in total. The highest BCUT2D eigenvalue weighted by Gasteiger charge is 2.46. The Hall–Kier alpha value is -1.84. The standard InChI is InChI=1S/C23H37NO3/c1-7-15-24(20(8-2)9-3)21(25)23(6,16-18(4)5)22(26)27-17-19-13-11-10-12-14-19/h10-14,18,20H,7-9,15-17H2,1-6H3/t23-/m1/s1. The fourth-order valence-corrected chi connectivity index (χ4v) is 3.69. The molecule has 1 aromatic rings. The molecule has 0 aromatic heterocycles. The Labute approximate surface area is 165 Å². The third-order valence-corrected chi connectivity index (χ3v) is 5.06. The lowest BCUT2D eigenvalue weighted by Crippen LogP contribution is -2.52. The van der Waals surface area contributed by atoms with E-state index in [2.05, 4.69) is 20.8 Å². The molecular formula is C23H37NO3. The van der Waals surface area contributed by atoms with Crippen molar-refractivity contribution in [1.29, 1.82) is 0 Å². The van der Waals surface area contributed by atoms with Crippen molar-refractivity contribution in [1.82, 2.24) is 4.90 Å². The molecule has 0 aliphatic rings. The van der Waals surface area contributed by atoms with E-state index in [9.17, 15) is 9.59 Å². The Balaban J connectivity index is 3.07. The summed E-state index contributed by atoms with van der Waals surface area (Å²) in [5, 5.41) is 0. The average molecular weight is 376 g/mol. The van der Waals surface area contributed by atoms with E-state index >= 15 is 0 Å². The fourth-order valence-electron chi connectivity index (χ4n) is 3.69. The molecule has 0 saturated carbocycles. The first kappa shape index (κ1) is 23.2. The highest BCUT2D eigenvalue weighted by atomic mass is 16.5. The summed E-state index contributed by atoms with van der Waals surface area (Å²) in [6, 6.07) is 9.75. The Morgan fingerprint density at radius 1 is 1.07 bits per heavy atom. The van der Waals surface area contributed by atoms with E-state index in [1.807, 2.05) is 49.1 Å². The number of rotatable bonds is 11. The highest BCUT2D eigenvalue weighted by molar-refractivity contribution is 6.02. The smallest absolute Gasteiger partial charge is 0.321 e. The molecule has 152 valence electrons. The molecule has 0 spiro atoms. The Morgan fingerprint density at radius 2 is 1.67 bits per heavy atom. The van der Waals surface area contributed by atoms with Gasteiger partial charge in [-0.05, 0) is 44.1 Å². The highest BCUT2D eigenvalue weighted by Crippen LogP contribution is 2.32. The third kappa shape index (κ3) is 6.37. The molecule has 1 rings (SSSR count). The average Bonchev–Trinajstić information content (AvgIpc) is 2.65. The van der Waals surface area contributed by atoms with E-state index in [1.54, 1.807) is 6.92 Å². The minimum atomic E-state index is -1.15. The third-order valence-electron chi connectivity index (χ3n) is 5.06. The van der Waals surface area contributed by atoms with Gasteiger partial charge in [0.2, 0.25) is 5.91 Å². The number of amides is 1. The maximum atomic E-state index is 13.5. The maximum Gasteiger partial charge on any atom is 0.321 e. The van der Waals surface area contributed by atoms with Crippen LogP contribution in [0.2, 0.25) is 0 Å². The van der Waals surface area contributed by atoms with Crippen LogP contribution in [-0.2, 0) is 20.9 Å². The van der Waals surface area contributed by atoms with E-state index in [0.717, 1.165) is 24.8 Å². The van der Waals surface area contributed by atoms with Crippen LogP contribution in [0.1, 0.15) is 72.8 Å². The molecule has 1 amide bonds. The van der Waals surface area contributed by atoms with Gasteiger partial charge in [-0.2, -0.15) is 0 Å². The number of carbonyl (C=O) groups is 2. The van der Waals surface area contributed by atoms with Crippen LogP contribution in [0.15, 0.2) is 30.3 Å². The molecule has 0 bridgehead atoms. The largest absolute Gasteiger partial charge is 0.460 e. The van der Waals surface area contributed by atoms with Crippen LogP contribution in [0, 0.1) is 11.3 Å². The molecule has 1 atom stereocenters. The SMILES string of the molecule is CCCN(C(=O)[C@@](C)(CC(C)C)C(=O)OCc1ccccc1)C(CC)CC. The van der Waals surface area contributed by atoms with Gasteiger partial charge in [-0.25, -0.2) is 0 Å². The Kier molecular flexibility index (Phi) is 9.54. The summed E-state index contributed by atoms with van der Waals surface area (Å²) in [5.41, 5.74) is -0.226. The van der Waals surface area contributed by atoms with Gasteiger partial charge in [-0.1, -0.05) is 65.0 Å². The zero-order chi connectivity index (χ0) is 20.4. The lowest BCUT2D eigenvalue weighted by atomic mass is 9.80. The van der Waals surface area contributed by atoms with Gasteiger partial charge in [0.25, 0.3) is 0 Å². The molecule has 0 aliphatic carbocycles. The quantitative estimate of drug-likeness (QED) is 0.394. The van der Waals surface area contributed by atoms with Gasteiger partial charge >= 0.3 is 5.97 Å². The van der Waals surface area contributed by atoms with Crippen LogP contribution in [0.4, 0.5) is 0 Å². The normalized spacial score (nSPS) is 13.5. The predicted molar refractivity (Wildman–Crippen MR) is 110 cm³/mol. The summed E-state index contributed by atoms with van der Waals surface area (Å²) in [6.07, 6.45) is 3.14. The first-order chi connectivity index (χ1) is 12.8. The molecule has 0 fully saturated rings. The number of nitrogens with zero attached hydrogens (tertiary/aromatic N) is 1. The van der Waals surface area contributed by atoms with Gasteiger partial charge in [0.15, 0.2) is 0 Å². The van der Waals surface area contributed by atoms with Crippen LogP contribution in [0.5, 0.6) is 0 Å². The van der Waals surface area contributed by atoms with E-state index in [4.69, 9.17) is 4.74 Å². The summed E-state index contributed by atoms with van der Waals surface area (Å²) >= 11 is 0. The number of esters is 1. The zero-order valence-corrected chi connectivity index (χ0v) is 18.0. The van der Waals surface area contributed by atoms with Crippen molar-refractivity contribution in [2.24, 2.45) is 11.3 Å². The fraction of sp³-hybridized carbons (Fsp3) is 0.652. The second-order valence-electron chi connectivity index (χ2n) is 7.96. The Morgan fingerprint density at radius 3 is 2.15 bits per heavy atom. The van der Waals surface area contributed by atoms with Gasteiger partial charge in [-0.3, -0.25) is 9.59 Å². The molecule has 27 heavy (non-hydrogen) atoms. The van der Waals surface area contributed by atoms with Crippen LogP contribution in [0.25, 0.3) is 0 Å². The molecule has 0 unspecified atom stereocenters. The van der Waals surface area contributed by atoms with Crippen molar-refractivity contribution < 1.29 is 14.3 Å². The summed E-state index contributed by atoms with van der Waals surface area (Å²) < 4.78 is 5.60. The lowest BCUT2D eigenvalue weighted by Gasteiger charge is -2.38. The van der Waals surface area contributed by atoms with Crippen molar-refractivity contribution in [3.8, 4) is 0 Å². The first-order valence-corrected chi connectivity index (χ1v) is 10.3. The van der Waals surface area contributed by atoms with Gasteiger partial charge < -0.3 is 9.64 Å². The molecule has 0 radical (unpaired) electrons. The Bertz CT molecular complexity index is 581. The van der Waals surface area contributed by atoms with Crippen molar-refractivity contribution in [3.63, 3.8) is 0 Å². The number of hydrogen-bond acceptors (Lipinski definition) is 3. The molecule has 4 heteroatoms. The molecule has 1 aromatic carbocycles. The lowest BCUT2D eigenvalue weighted by molar-refractivity contribution is -0.167. The van der Waals surface area contributed by atoms with E-state index < -0.39 is 11.4 Å². The monoisotopic (exact) mass is 375 g/mol. The summed E-state index contributed by atoms with van der Waals surface area (Å²) in [4.78, 5) is 28.5. The topological polar surface area (TPSA) is 46.6 Å². The summed E-state index contributed by atoms with van der Waals surface area (Å²) in [7, 11) is 0. The van der Waals surface area contributed by atoms with Crippen LogP contribution in [-0.4, -0.2) is 29.4 Å². The molecule has 0 saturated heterocycles. The molecule has 0 aliphatic heterocycles. The van der Waals surface area contributed by atoms with Crippen LogP contribution in [0.3, 0.4) is 0 Å². The van der Waals surface area contributed by atoms with Crippen LogP contribution < -0.4 is 0 Å². The number of carbonyl (C=O) groups excluding carboxylic acids is 2. The van der Waals surface area contributed by atoms with Crippen molar-refractivity contribution in [3.05, 3.63) is 35.9 Å². The molecular weight excluding hydrogens is 338 g/mol. The second-order valence-corrected chi connectivity index (χ2v) is 7.96. The van der Waals surface area contributed by atoms with Crippen molar-refractivity contribution in [2.75, 3.05) is 6.54 Å². The maximum absolute atomic E-state index is 13.5. The van der Waals surface area contributed by atoms with Gasteiger partial charge in [0, 0.05) is 12.6 Å². The molecule has 0 heterocycles. The number of ether oxygens (including phenoxy) is 1. The predicted octanol–water partition coefficient (Wildman–Crippen LogP) is 5.21. The summed E-state index contributed by atoms with van der Waals surface area (Å²) in [6.45, 7) is 13.0. The van der Waals surface area contributed by atoms with Crippen molar-refractivity contribution >= 4 is 11.9 Å². The van der Waals surface area contributed by atoms with Gasteiger partial charge in [0.1, 0.15) is 12.0 Å². The van der Waals surface area contributed by atoms with Crippen LogP contribution >= 0.6 is 0 Å². The number of benzene rings is 1. The van der Waals surface area contributed by atoms with E-state index in [-0.39, 0.29) is 24.5 Å².